The third-order valence-corrected chi connectivity index (χ3v) is 3.58. The van der Waals surface area contributed by atoms with Crippen molar-refractivity contribution in [3.05, 3.63) is 0 Å². The molecule has 19 heavy (non-hydrogen) atoms. The van der Waals surface area contributed by atoms with E-state index in [0.717, 1.165) is 6.42 Å². The fraction of sp³-hybridized carbons (Fsp3) is 0.923. The number of rotatable bonds is 5. The zero-order valence-corrected chi connectivity index (χ0v) is 11.6. The van der Waals surface area contributed by atoms with Crippen molar-refractivity contribution < 1.29 is 23.1 Å². The maximum Gasteiger partial charge on any atom is 0.393 e. The van der Waals surface area contributed by atoms with Crippen LogP contribution >= 0.6 is 0 Å². The lowest BCUT2D eigenvalue weighted by Gasteiger charge is -2.22. The monoisotopic (exact) mass is 281 g/mol. The molecule has 0 aromatic carbocycles. The third-order valence-electron chi connectivity index (χ3n) is 3.58. The number of carboxylic acids is 1. The molecule has 112 valence electrons. The molecule has 0 spiro atoms. The van der Waals surface area contributed by atoms with Gasteiger partial charge in [-0.05, 0) is 18.3 Å². The second kappa shape index (κ2) is 6.11. The Balaban J connectivity index is 2.63. The van der Waals surface area contributed by atoms with Crippen molar-refractivity contribution in [1.29, 1.82) is 0 Å². The van der Waals surface area contributed by atoms with Gasteiger partial charge in [-0.25, -0.2) is 0 Å². The Kier molecular flexibility index (Phi) is 5.24. The summed E-state index contributed by atoms with van der Waals surface area (Å²) in [5.74, 6) is -3.64. The van der Waals surface area contributed by atoms with Crippen LogP contribution in [0.1, 0.15) is 27.2 Å². The van der Waals surface area contributed by atoms with Crippen LogP contribution in [0, 0.1) is 23.7 Å². The summed E-state index contributed by atoms with van der Waals surface area (Å²) in [6.45, 7) is 6.48. The lowest BCUT2D eigenvalue weighted by atomic mass is 9.96. The Hall–Kier alpha value is -0.780. The van der Waals surface area contributed by atoms with Gasteiger partial charge in [0, 0.05) is 19.6 Å². The number of hydrogen-bond acceptors (Lipinski definition) is 2. The fourth-order valence-corrected chi connectivity index (χ4v) is 2.94. The largest absolute Gasteiger partial charge is 0.481 e. The van der Waals surface area contributed by atoms with Crippen LogP contribution in [0.4, 0.5) is 13.2 Å². The molecule has 3 atom stereocenters. The zero-order valence-electron chi connectivity index (χ0n) is 11.6. The van der Waals surface area contributed by atoms with Gasteiger partial charge in [0.25, 0.3) is 0 Å². The average Bonchev–Trinajstić information content (AvgIpc) is 2.59. The van der Waals surface area contributed by atoms with Gasteiger partial charge in [0.05, 0.1) is 11.8 Å². The number of hydrogen-bond donors (Lipinski definition) is 1. The minimum absolute atomic E-state index is 0.00193. The number of likely N-dealkylation sites (tertiary alicyclic amines) is 1. The van der Waals surface area contributed by atoms with Crippen molar-refractivity contribution in [3.63, 3.8) is 0 Å². The van der Waals surface area contributed by atoms with Crippen molar-refractivity contribution in [2.75, 3.05) is 19.6 Å². The molecule has 6 heteroatoms. The first-order chi connectivity index (χ1) is 8.61. The van der Waals surface area contributed by atoms with Crippen LogP contribution in [-0.2, 0) is 4.79 Å². The van der Waals surface area contributed by atoms with Gasteiger partial charge in [-0.2, -0.15) is 13.2 Å². The van der Waals surface area contributed by atoms with E-state index < -0.39 is 24.0 Å². The topological polar surface area (TPSA) is 40.5 Å². The molecule has 0 aliphatic carbocycles. The first kappa shape index (κ1) is 16.3. The van der Waals surface area contributed by atoms with Crippen LogP contribution in [0.5, 0.6) is 0 Å². The summed E-state index contributed by atoms with van der Waals surface area (Å²) in [6.07, 6.45) is -3.50. The average molecular weight is 281 g/mol. The Bertz CT molecular complexity index is 318. The van der Waals surface area contributed by atoms with Crippen LogP contribution in [0.15, 0.2) is 0 Å². The highest BCUT2D eigenvalue weighted by molar-refractivity contribution is 5.71. The number of halogens is 3. The van der Waals surface area contributed by atoms with E-state index in [1.54, 1.807) is 4.90 Å². The lowest BCUT2D eigenvalue weighted by Crippen LogP contribution is -2.33. The zero-order chi connectivity index (χ0) is 14.8. The Morgan fingerprint density at radius 1 is 1.32 bits per heavy atom. The van der Waals surface area contributed by atoms with Crippen LogP contribution < -0.4 is 0 Å². The van der Waals surface area contributed by atoms with E-state index in [4.69, 9.17) is 5.11 Å². The summed E-state index contributed by atoms with van der Waals surface area (Å²) in [7, 11) is 0. The number of carboxylic acid groups (broad SMARTS) is 1. The van der Waals surface area contributed by atoms with Crippen LogP contribution in [0.2, 0.25) is 0 Å². The van der Waals surface area contributed by atoms with Crippen molar-refractivity contribution in [2.45, 2.75) is 33.4 Å². The molecule has 1 unspecified atom stereocenters. The molecule has 0 amide bonds. The van der Waals surface area contributed by atoms with E-state index in [0.29, 0.717) is 12.5 Å². The van der Waals surface area contributed by atoms with Gasteiger partial charge < -0.3 is 10.0 Å². The van der Waals surface area contributed by atoms with Crippen molar-refractivity contribution in [2.24, 2.45) is 23.7 Å². The maximum atomic E-state index is 12.8. The van der Waals surface area contributed by atoms with Gasteiger partial charge in [-0.15, -0.1) is 0 Å². The third kappa shape index (κ3) is 4.67. The van der Waals surface area contributed by atoms with Gasteiger partial charge >= 0.3 is 12.1 Å². The molecule has 0 aromatic heterocycles. The van der Waals surface area contributed by atoms with Gasteiger partial charge in [0.1, 0.15) is 0 Å². The summed E-state index contributed by atoms with van der Waals surface area (Å²) in [5, 5.41) is 8.92. The molecule has 1 aliphatic rings. The second-order valence-corrected chi connectivity index (χ2v) is 6.05. The first-order valence-corrected chi connectivity index (χ1v) is 6.63. The number of alkyl halides is 3. The highest BCUT2D eigenvalue weighted by atomic mass is 19.4. The molecular weight excluding hydrogens is 259 g/mol. The Labute approximate surface area is 111 Å². The molecule has 1 fully saturated rings. The van der Waals surface area contributed by atoms with Crippen LogP contribution in [0.3, 0.4) is 0 Å². The molecule has 0 bridgehead atoms. The molecule has 1 rings (SSSR count). The number of carbonyl (C=O) groups is 1. The Morgan fingerprint density at radius 2 is 1.89 bits per heavy atom. The van der Waals surface area contributed by atoms with Crippen LogP contribution in [0.25, 0.3) is 0 Å². The molecule has 1 aliphatic heterocycles. The molecule has 1 saturated heterocycles. The molecular formula is C13H22F3NO2. The minimum atomic E-state index is -4.43. The maximum absolute atomic E-state index is 12.8. The summed E-state index contributed by atoms with van der Waals surface area (Å²) in [6, 6.07) is 0. The highest BCUT2D eigenvalue weighted by Crippen LogP contribution is 2.38. The SMILES string of the molecule is CC(C)CC(C)CN1C[C@@H](C(F)(F)F)[C@H](C(=O)O)C1. The predicted molar refractivity (Wildman–Crippen MR) is 65.7 cm³/mol. The number of aliphatic carboxylic acids is 1. The number of nitrogens with zero attached hydrogens (tertiary/aromatic N) is 1. The minimum Gasteiger partial charge on any atom is -0.481 e. The molecule has 1 N–H and O–H groups in total. The lowest BCUT2D eigenvalue weighted by molar-refractivity contribution is -0.188. The van der Waals surface area contributed by atoms with E-state index in [1.807, 2.05) is 6.92 Å². The summed E-state index contributed by atoms with van der Waals surface area (Å²) in [4.78, 5) is 12.6. The molecule has 0 radical (unpaired) electrons. The molecule has 0 aromatic rings. The first-order valence-electron chi connectivity index (χ1n) is 6.63. The highest BCUT2D eigenvalue weighted by Gasteiger charge is 2.52. The van der Waals surface area contributed by atoms with E-state index in [9.17, 15) is 18.0 Å². The molecule has 1 heterocycles. The van der Waals surface area contributed by atoms with E-state index in [2.05, 4.69) is 13.8 Å². The van der Waals surface area contributed by atoms with Gasteiger partial charge in [0.15, 0.2) is 0 Å². The van der Waals surface area contributed by atoms with Crippen molar-refractivity contribution in [3.8, 4) is 0 Å². The summed E-state index contributed by atoms with van der Waals surface area (Å²) in [5.41, 5.74) is 0. The van der Waals surface area contributed by atoms with Gasteiger partial charge in [-0.1, -0.05) is 20.8 Å². The summed E-state index contributed by atoms with van der Waals surface area (Å²) < 4.78 is 38.4. The smallest absolute Gasteiger partial charge is 0.393 e. The van der Waals surface area contributed by atoms with Crippen molar-refractivity contribution in [1.82, 2.24) is 4.90 Å². The van der Waals surface area contributed by atoms with Crippen molar-refractivity contribution >= 4 is 5.97 Å². The van der Waals surface area contributed by atoms with Gasteiger partial charge in [0.2, 0.25) is 0 Å². The van der Waals surface area contributed by atoms with Gasteiger partial charge in [-0.3, -0.25) is 4.79 Å². The second-order valence-electron chi connectivity index (χ2n) is 6.05. The van der Waals surface area contributed by atoms with Crippen LogP contribution in [-0.4, -0.2) is 41.8 Å². The summed E-state index contributed by atoms with van der Waals surface area (Å²) >= 11 is 0. The molecule has 0 saturated carbocycles. The quantitative estimate of drug-likeness (QED) is 0.842. The molecule has 3 nitrogen and oxygen atoms in total. The van der Waals surface area contributed by atoms with E-state index in [-0.39, 0.29) is 19.0 Å². The Morgan fingerprint density at radius 3 is 2.26 bits per heavy atom. The van der Waals surface area contributed by atoms with E-state index in [1.165, 1.54) is 0 Å². The van der Waals surface area contributed by atoms with E-state index >= 15 is 0 Å². The standard InChI is InChI=1S/C13H22F3NO2/c1-8(2)4-9(3)5-17-6-10(12(18)19)11(7-17)13(14,15)16/h8-11H,4-7H2,1-3H3,(H,18,19)/t9?,10-,11-/m1/s1. The predicted octanol–water partition coefficient (Wildman–Crippen LogP) is 2.86. The normalized spacial score (nSPS) is 26.9. The fourth-order valence-electron chi connectivity index (χ4n) is 2.94.